The largest absolute Gasteiger partial charge is 0.460 e. The minimum Gasteiger partial charge on any atom is -0.460 e. The highest BCUT2D eigenvalue weighted by molar-refractivity contribution is 9.10. The maximum Gasteiger partial charge on any atom is 0.229 e. The van der Waals surface area contributed by atoms with Crippen LogP contribution in [0.2, 0.25) is 0 Å². The van der Waals surface area contributed by atoms with Gasteiger partial charge in [0, 0.05) is 23.1 Å². The third-order valence-electron chi connectivity index (χ3n) is 3.66. The summed E-state index contributed by atoms with van der Waals surface area (Å²) in [6.45, 7) is -0.374. The molecule has 1 fully saturated rings. The average molecular weight is 358 g/mol. The molecule has 0 unspecified atom stereocenters. The molecule has 4 atom stereocenters. The zero-order valence-corrected chi connectivity index (χ0v) is 12.9. The lowest BCUT2D eigenvalue weighted by atomic mass is 10.1. The fourth-order valence-electron chi connectivity index (χ4n) is 2.50. The molecule has 1 aliphatic heterocycles. The van der Waals surface area contributed by atoms with Gasteiger partial charge in [0.1, 0.15) is 24.1 Å². The van der Waals surface area contributed by atoms with Gasteiger partial charge in [0.15, 0.2) is 0 Å². The predicted octanol–water partition coefficient (Wildman–Crippen LogP) is 0.759. The lowest BCUT2D eigenvalue weighted by molar-refractivity contribution is -0.115. The van der Waals surface area contributed by atoms with Crippen LogP contribution < -0.4 is 4.74 Å². The first-order chi connectivity index (χ1) is 10.0. The molecule has 0 saturated carbocycles. The second kappa shape index (κ2) is 5.58. The zero-order valence-electron chi connectivity index (χ0n) is 11.3. The van der Waals surface area contributed by atoms with Gasteiger partial charge in [-0.05, 0) is 18.2 Å². The number of hydrogen-bond donors (Lipinski definition) is 3. The normalized spacial score (nSPS) is 29.2. The van der Waals surface area contributed by atoms with Crippen molar-refractivity contribution in [2.75, 3.05) is 6.61 Å². The molecule has 0 bridgehead atoms. The van der Waals surface area contributed by atoms with Crippen molar-refractivity contribution in [1.29, 1.82) is 0 Å². The van der Waals surface area contributed by atoms with Crippen molar-refractivity contribution >= 4 is 26.8 Å². The van der Waals surface area contributed by atoms with Crippen LogP contribution in [-0.2, 0) is 11.8 Å². The number of benzene rings is 1. The minimum atomic E-state index is -1.20. The highest BCUT2D eigenvalue weighted by Crippen LogP contribution is 2.32. The number of aliphatic hydroxyl groups is 3. The molecule has 6 nitrogen and oxygen atoms in total. The molecule has 3 rings (SSSR count). The Morgan fingerprint density at radius 1 is 1.33 bits per heavy atom. The van der Waals surface area contributed by atoms with Crippen LogP contribution in [0.15, 0.2) is 28.9 Å². The van der Waals surface area contributed by atoms with Crippen LogP contribution in [0.5, 0.6) is 5.75 Å². The molecule has 0 aliphatic carbocycles. The van der Waals surface area contributed by atoms with Crippen LogP contribution in [0.3, 0.4) is 0 Å². The molecule has 1 aliphatic rings. The molecule has 2 aromatic rings. The summed E-state index contributed by atoms with van der Waals surface area (Å²) < 4.78 is 13.9. The number of aryl methyl sites for hydroxylation is 1. The van der Waals surface area contributed by atoms with Crippen LogP contribution in [0.1, 0.15) is 0 Å². The highest BCUT2D eigenvalue weighted by Gasteiger charge is 2.44. The SMILES string of the molecule is Cn1cc(O[C@@H]2O[C@H](CO)[C@@H](O)[C@H]2O)c2ccc(Br)cc21. The molecule has 0 spiro atoms. The Hall–Kier alpha value is -1.12. The lowest BCUT2D eigenvalue weighted by Gasteiger charge is -2.16. The number of rotatable bonds is 3. The maximum absolute atomic E-state index is 9.92. The van der Waals surface area contributed by atoms with E-state index in [1.165, 1.54) is 0 Å². The predicted molar refractivity (Wildman–Crippen MR) is 79.0 cm³/mol. The molecular weight excluding hydrogens is 342 g/mol. The molecule has 114 valence electrons. The highest BCUT2D eigenvalue weighted by atomic mass is 79.9. The maximum atomic E-state index is 9.92. The van der Waals surface area contributed by atoms with Crippen LogP contribution in [0.25, 0.3) is 10.9 Å². The van der Waals surface area contributed by atoms with Crippen molar-refractivity contribution in [3.05, 3.63) is 28.9 Å². The van der Waals surface area contributed by atoms with E-state index in [9.17, 15) is 10.2 Å². The standard InChI is InChI=1S/C14H16BrNO5/c1-16-5-10(8-3-2-7(15)4-9(8)16)20-14-13(19)12(18)11(6-17)21-14/h2-5,11-14,17-19H,6H2,1H3/t11-,12-,13-,14-/m1/s1. The molecule has 21 heavy (non-hydrogen) atoms. The second-order valence-corrected chi connectivity index (χ2v) is 6.01. The van der Waals surface area contributed by atoms with Gasteiger partial charge in [0.05, 0.1) is 12.1 Å². The van der Waals surface area contributed by atoms with Crippen molar-refractivity contribution in [2.45, 2.75) is 24.6 Å². The Balaban J connectivity index is 1.89. The number of hydrogen-bond acceptors (Lipinski definition) is 5. The van der Waals surface area contributed by atoms with Gasteiger partial charge in [0.25, 0.3) is 0 Å². The lowest BCUT2D eigenvalue weighted by Crippen LogP contribution is -2.35. The smallest absolute Gasteiger partial charge is 0.229 e. The Bertz CT molecular complexity index is 658. The summed E-state index contributed by atoms with van der Waals surface area (Å²) in [6, 6.07) is 5.75. The molecule has 1 aromatic heterocycles. The van der Waals surface area contributed by atoms with Gasteiger partial charge in [-0.2, -0.15) is 0 Å². The first kappa shape index (κ1) is 14.8. The number of halogens is 1. The van der Waals surface area contributed by atoms with E-state index in [2.05, 4.69) is 15.9 Å². The summed E-state index contributed by atoms with van der Waals surface area (Å²) in [4.78, 5) is 0. The van der Waals surface area contributed by atoms with Crippen LogP contribution in [-0.4, -0.2) is 51.1 Å². The van der Waals surface area contributed by atoms with E-state index in [1.54, 1.807) is 6.20 Å². The van der Waals surface area contributed by atoms with Gasteiger partial charge in [-0.15, -0.1) is 0 Å². The van der Waals surface area contributed by atoms with Crippen molar-refractivity contribution < 1.29 is 24.8 Å². The summed E-state index contributed by atoms with van der Waals surface area (Å²) in [6.07, 6.45) is -2.43. The second-order valence-electron chi connectivity index (χ2n) is 5.09. The third-order valence-corrected chi connectivity index (χ3v) is 4.15. The number of aromatic nitrogens is 1. The van der Waals surface area contributed by atoms with Crippen LogP contribution in [0, 0.1) is 0 Å². The molecule has 7 heteroatoms. The minimum absolute atomic E-state index is 0.374. The van der Waals surface area contributed by atoms with Gasteiger partial charge >= 0.3 is 0 Å². The van der Waals surface area contributed by atoms with E-state index in [0.29, 0.717) is 5.75 Å². The zero-order chi connectivity index (χ0) is 15.1. The summed E-state index contributed by atoms with van der Waals surface area (Å²) in [5.74, 6) is 0.551. The Kier molecular flexibility index (Phi) is 3.94. The molecular formula is C14H16BrNO5. The van der Waals surface area contributed by atoms with E-state index in [4.69, 9.17) is 14.6 Å². The number of ether oxygens (including phenoxy) is 2. The topological polar surface area (TPSA) is 84.1 Å². The fourth-order valence-corrected chi connectivity index (χ4v) is 2.85. The molecule has 0 radical (unpaired) electrons. The van der Waals surface area contributed by atoms with E-state index in [-0.39, 0.29) is 6.61 Å². The molecule has 0 amide bonds. The summed E-state index contributed by atoms with van der Waals surface area (Å²) >= 11 is 3.42. The number of fused-ring (bicyclic) bond motifs is 1. The Morgan fingerprint density at radius 3 is 2.76 bits per heavy atom. The van der Waals surface area contributed by atoms with E-state index in [0.717, 1.165) is 15.4 Å². The van der Waals surface area contributed by atoms with Crippen LogP contribution >= 0.6 is 15.9 Å². The number of nitrogens with zero attached hydrogens (tertiary/aromatic N) is 1. The average Bonchev–Trinajstić information content (AvgIpc) is 2.91. The Labute approximate surface area is 129 Å². The third kappa shape index (κ3) is 2.56. The van der Waals surface area contributed by atoms with E-state index in [1.807, 2.05) is 29.8 Å². The van der Waals surface area contributed by atoms with Gasteiger partial charge < -0.3 is 29.4 Å². The fraction of sp³-hybridized carbons (Fsp3) is 0.429. The molecule has 1 aromatic carbocycles. The van der Waals surface area contributed by atoms with E-state index < -0.39 is 24.6 Å². The van der Waals surface area contributed by atoms with Gasteiger partial charge in [0.2, 0.25) is 6.29 Å². The van der Waals surface area contributed by atoms with Crippen molar-refractivity contribution in [3.63, 3.8) is 0 Å². The first-order valence-corrected chi connectivity index (χ1v) is 7.34. The summed E-state index contributed by atoms with van der Waals surface area (Å²) in [5.41, 5.74) is 0.964. The molecule has 3 N–H and O–H groups in total. The molecule has 1 saturated heterocycles. The quantitative estimate of drug-likeness (QED) is 0.755. The summed E-state index contributed by atoms with van der Waals surface area (Å²) in [5, 5.41) is 29.6. The van der Waals surface area contributed by atoms with Gasteiger partial charge in [-0.25, -0.2) is 0 Å². The molecule has 2 heterocycles. The first-order valence-electron chi connectivity index (χ1n) is 6.55. The summed E-state index contributed by atoms with van der Waals surface area (Å²) in [7, 11) is 1.89. The van der Waals surface area contributed by atoms with Crippen molar-refractivity contribution in [1.82, 2.24) is 4.57 Å². The Morgan fingerprint density at radius 2 is 2.10 bits per heavy atom. The van der Waals surface area contributed by atoms with Crippen LogP contribution in [0.4, 0.5) is 0 Å². The number of aliphatic hydroxyl groups excluding tert-OH is 3. The van der Waals surface area contributed by atoms with Gasteiger partial charge in [-0.1, -0.05) is 15.9 Å². The van der Waals surface area contributed by atoms with E-state index >= 15 is 0 Å². The van der Waals surface area contributed by atoms with Gasteiger partial charge in [-0.3, -0.25) is 0 Å². The monoisotopic (exact) mass is 357 g/mol. The van der Waals surface area contributed by atoms with Crippen molar-refractivity contribution in [3.8, 4) is 5.75 Å². The van der Waals surface area contributed by atoms with Crippen molar-refractivity contribution in [2.24, 2.45) is 7.05 Å².